The number of nitrogens with zero attached hydrogens (tertiary/aromatic N) is 1. The van der Waals surface area contributed by atoms with Gasteiger partial charge in [-0.15, -0.1) is 0 Å². The van der Waals surface area contributed by atoms with E-state index in [4.69, 9.17) is 9.47 Å². The Kier molecular flexibility index (Phi) is 9.86. The molecule has 0 aliphatic carbocycles. The van der Waals surface area contributed by atoms with E-state index in [1.54, 1.807) is 25.3 Å². The highest BCUT2D eigenvalue weighted by atomic mass is 79.9. The molecule has 0 heterocycles. The number of carbonyl (C=O) groups excluding carboxylic acids is 2. The second-order valence-electron chi connectivity index (χ2n) is 6.44. The minimum absolute atomic E-state index is 0.0349. The first-order chi connectivity index (χ1) is 14.5. The summed E-state index contributed by atoms with van der Waals surface area (Å²) in [7, 11) is 1.57. The maximum Gasteiger partial charge on any atom is 0.240 e. The molecule has 2 aromatic carbocycles. The fourth-order valence-corrected chi connectivity index (χ4v) is 3.05. The summed E-state index contributed by atoms with van der Waals surface area (Å²) in [5, 5.41) is 6.68. The van der Waals surface area contributed by atoms with E-state index in [1.807, 2.05) is 24.3 Å². The first-order valence-electron chi connectivity index (χ1n) is 9.70. The Hall–Kier alpha value is -2.87. The van der Waals surface area contributed by atoms with Crippen molar-refractivity contribution in [2.75, 3.05) is 19.0 Å². The Morgan fingerprint density at radius 3 is 2.57 bits per heavy atom. The lowest BCUT2D eigenvalue weighted by atomic mass is 10.2. The molecule has 0 aliphatic rings. The molecule has 8 heteroatoms. The van der Waals surface area contributed by atoms with Crippen LogP contribution in [0.1, 0.15) is 38.2 Å². The normalized spacial score (nSPS) is 10.6. The van der Waals surface area contributed by atoms with E-state index in [9.17, 15) is 9.59 Å². The molecule has 0 aliphatic heterocycles. The van der Waals surface area contributed by atoms with Gasteiger partial charge in [0.2, 0.25) is 11.8 Å². The fraction of sp³-hybridized carbons (Fsp3) is 0.318. The Morgan fingerprint density at radius 1 is 1.13 bits per heavy atom. The minimum Gasteiger partial charge on any atom is -0.493 e. The number of hydrogen-bond acceptors (Lipinski definition) is 5. The van der Waals surface area contributed by atoms with Crippen molar-refractivity contribution in [2.24, 2.45) is 5.10 Å². The van der Waals surface area contributed by atoms with E-state index in [0.717, 1.165) is 22.9 Å². The molecule has 160 valence electrons. The maximum absolute atomic E-state index is 11.9. The van der Waals surface area contributed by atoms with Crippen molar-refractivity contribution in [3.8, 4) is 11.5 Å². The van der Waals surface area contributed by atoms with E-state index >= 15 is 0 Å². The zero-order chi connectivity index (χ0) is 21.8. The molecule has 0 saturated carbocycles. The number of carbonyl (C=O) groups is 2. The van der Waals surface area contributed by atoms with Crippen LogP contribution in [-0.4, -0.2) is 31.7 Å². The number of methoxy groups -OCH3 is 1. The minimum atomic E-state index is -0.347. The molecule has 2 rings (SSSR count). The van der Waals surface area contributed by atoms with Gasteiger partial charge in [0.05, 0.1) is 24.4 Å². The van der Waals surface area contributed by atoms with E-state index in [-0.39, 0.29) is 24.7 Å². The lowest BCUT2D eigenvalue weighted by Gasteiger charge is -2.13. The Labute approximate surface area is 185 Å². The molecule has 2 amide bonds. The second kappa shape index (κ2) is 12.6. The molecule has 0 aromatic heterocycles. The number of amides is 2. The molecule has 0 fully saturated rings. The monoisotopic (exact) mass is 475 g/mol. The average molecular weight is 476 g/mol. The number of rotatable bonds is 11. The molecule has 0 bridgehead atoms. The van der Waals surface area contributed by atoms with Crippen LogP contribution in [0, 0.1) is 0 Å². The van der Waals surface area contributed by atoms with Crippen LogP contribution in [0.5, 0.6) is 11.5 Å². The van der Waals surface area contributed by atoms with Crippen molar-refractivity contribution in [1.29, 1.82) is 0 Å². The van der Waals surface area contributed by atoms with Gasteiger partial charge in [0.1, 0.15) is 0 Å². The van der Waals surface area contributed by atoms with Gasteiger partial charge in [-0.25, -0.2) is 5.43 Å². The van der Waals surface area contributed by atoms with Crippen LogP contribution in [0.25, 0.3) is 0 Å². The number of hydrogen-bond donors (Lipinski definition) is 2. The van der Waals surface area contributed by atoms with Gasteiger partial charge in [-0.05, 0) is 52.2 Å². The van der Waals surface area contributed by atoms with Gasteiger partial charge in [-0.3, -0.25) is 9.59 Å². The molecule has 0 atom stereocenters. The predicted molar refractivity (Wildman–Crippen MR) is 121 cm³/mol. The van der Waals surface area contributed by atoms with Crippen molar-refractivity contribution >= 4 is 39.6 Å². The molecule has 0 saturated heterocycles. The van der Waals surface area contributed by atoms with Gasteiger partial charge in [0.25, 0.3) is 0 Å². The summed E-state index contributed by atoms with van der Waals surface area (Å²) in [6, 6.07) is 12.7. The van der Waals surface area contributed by atoms with E-state index in [1.165, 1.54) is 6.21 Å². The van der Waals surface area contributed by atoms with Gasteiger partial charge in [-0.1, -0.05) is 31.5 Å². The third-order valence-corrected chi connectivity index (χ3v) is 4.62. The van der Waals surface area contributed by atoms with E-state index in [2.05, 4.69) is 38.7 Å². The van der Waals surface area contributed by atoms with Gasteiger partial charge >= 0.3 is 0 Å². The molecule has 2 aromatic rings. The number of hydrazone groups is 1. The van der Waals surface area contributed by atoms with Gasteiger partial charge < -0.3 is 14.8 Å². The smallest absolute Gasteiger partial charge is 0.240 e. The zero-order valence-corrected chi connectivity index (χ0v) is 18.7. The summed E-state index contributed by atoms with van der Waals surface area (Å²) >= 11 is 3.48. The van der Waals surface area contributed by atoms with Crippen molar-refractivity contribution in [3.05, 3.63) is 52.5 Å². The largest absolute Gasteiger partial charge is 0.493 e. The summed E-state index contributed by atoms with van der Waals surface area (Å²) in [6.45, 7) is 2.70. The van der Waals surface area contributed by atoms with Crippen molar-refractivity contribution in [3.63, 3.8) is 0 Å². The lowest BCUT2D eigenvalue weighted by Crippen LogP contribution is -2.20. The predicted octanol–water partition coefficient (Wildman–Crippen LogP) is 4.51. The lowest BCUT2D eigenvalue weighted by molar-refractivity contribution is -0.124. The van der Waals surface area contributed by atoms with E-state index < -0.39 is 0 Å². The summed E-state index contributed by atoms with van der Waals surface area (Å²) in [5.74, 6) is 0.634. The number of ether oxygens (including phenoxy) is 2. The second-order valence-corrected chi connectivity index (χ2v) is 7.30. The van der Waals surface area contributed by atoms with Crippen LogP contribution in [0.4, 0.5) is 5.69 Å². The summed E-state index contributed by atoms with van der Waals surface area (Å²) in [5.41, 5.74) is 3.85. The number of halogens is 1. The average Bonchev–Trinajstić information content (AvgIpc) is 2.74. The van der Waals surface area contributed by atoms with Gasteiger partial charge in [0, 0.05) is 18.5 Å². The summed E-state index contributed by atoms with van der Waals surface area (Å²) in [6.07, 6.45) is 3.60. The third-order valence-electron chi connectivity index (χ3n) is 4.04. The quantitative estimate of drug-likeness (QED) is 0.284. The summed E-state index contributed by atoms with van der Waals surface area (Å²) < 4.78 is 11.9. The standard InChI is InChI=1S/C22H26BrN3O4/c1-3-4-12-30-22-18(23)13-16(14-19(22)29-2)15-24-26-21(28)11-10-20(27)25-17-8-6-5-7-9-17/h5-9,13-15H,3-4,10-12H2,1-2H3,(H,25,27)(H,26,28). The number of unbranched alkanes of at least 4 members (excludes halogenated alkanes) is 1. The first-order valence-corrected chi connectivity index (χ1v) is 10.5. The number of anilines is 1. The molecule has 0 radical (unpaired) electrons. The third kappa shape index (κ3) is 7.87. The van der Waals surface area contributed by atoms with Crippen LogP contribution in [-0.2, 0) is 9.59 Å². The zero-order valence-electron chi connectivity index (χ0n) is 17.1. The SMILES string of the molecule is CCCCOc1c(Br)cc(C=NNC(=O)CCC(=O)Nc2ccccc2)cc1OC. The molecule has 30 heavy (non-hydrogen) atoms. The van der Waals surface area contributed by atoms with Crippen LogP contribution in [0.15, 0.2) is 52.0 Å². The van der Waals surface area contributed by atoms with Crippen LogP contribution in [0.3, 0.4) is 0 Å². The maximum atomic E-state index is 11.9. The highest BCUT2D eigenvalue weighted by molar-refractivity contribution is 9.10. The van der Waals surface area contributed by atoms with Gasteiger partial charge in [-0.2, -0.15) is 5.10 Å². The molecule has 0 spiro atoms. The Bertz CT molecular complexity index is 872. The van der Waals surface area contributed by atoms with Crippen molar-refractivity contribution in [2.45, 2.75) is 32.6 Å². The summed E-state index contributed by atoms with van der Waals surface area (Å²) in [4.78, 5) is 23.8. The highest BCUT2D eigenvalue weighted by Gasteiger charge is 2.11. The molecular formula is C22H26BrN3O4. The van der Waals surface area contributed by atoms with Crippen molar-refractivity contribution in [1.82, 2.24) is 5.43 Å². The van der Waals surface area contributed by atoms with Gasteiger partial charge in [0.15, 0.2) is 11.5 Å². The Morgan fingerprint density at radius 2 is 1.87 bits per heavy atom. The molecule has 0 unspecified atom stereocenters. The number of nitrogens with one attached hydrogen (secondary N) is 2. The Balaban J connectivity index is 1.84. The highest BCUT2D eigenvalue weighted by Crippen LogP contribution is 2.36. The van der Waals surface area contributed by atoms with Crippen LogP contribution >= 0.6 is 15.9 Å². The molecular weight excluding hydrogens is 450 g/mol. The first kappa shape index (κ1) is 23.4. The number of para-hydroxylation sites is 1. The molecule has 2 N–H and O–H groups in total. The van der Waals surface area contributed by atoms with E-state index in [0.29, 0.717) is 23.8 Å². The van der Waals surface area contributed by atoms with Crippen molar-refractivity contribution < 1.29 is 19.1 Å². The number of benzene rings is 2. The fourth-order valence-electron chi connectivity index (χ4n) is 2.48. The van der Waals surface area contributed by atoms with Crippen LogP contribution < -0.4 is 20.2 Å². The topological polar surface area (TPSA) is 89.0 Å². The molecule has 7 nitrogen and oxygen atoms in total. The van der Waals surface area contributed by atoms with Crippen LogP contribution in [0.2, 0.25) is 0 Å².